The van der Waals surface area contributed by atoms with E-state index >= 15 is 0 Å². The fourth-order valence-electron chi connectivity index (χ4n) is 4.38. The first kappa shape index (κ1) is 21.8. The fourth-order valence-corrected chi connectivity index (χ4v) is 4.38. The van der Waals surface area contributed by atoms with E-state index in [4.69, 9.17) is 14.2 Å². The first-order chi connectivity index (χ1) is 14.1. The standard InChI is InChI=1S/C24H34O5/c1-17(2)10-6-3-4-9-15-27-23(25)21-19-13-14-20(29-19)22(21)24(26)28-16-18-11-7-5-8-12-18/h5,7-8,11-12,17,19-22H,3-4,6,9-10,13-16H2,1-2H3. The number of fused-ring (bicyclic) bond motifs is 2. The lowest BCUT2D eigenvalue weighted by Crippen LogP contribution is -2.40. The Hall–Kier alpha value is -1.88. The fraction of sp³-hybridized carbons (Fsp3) is 0.667. The first-order valence-electron chi connectivity index (χ1n) is 11.1. The number of hydrogen-bond acceptors (Lipinski definition) is 5. The molecule has 0 saturated carbocycles. The van der Waals surface area contributed by atoms with Crippen molar-refractivity contribution in [1.29, 1.82) is 0 Å². The Bertz CT molecular complexity index is 656. The molecular weight excluding hydrogens is 368 g/mol. The second-order valence-corrected chi connectivity index (χ2v) is 8.70. The van der Waals surface area contributed by atoms with E-state index in [9.17, 15) is 9.59 Å². The molecule has 4 unspecified atom stereocenters. The molecule has 2 aliphatic rings. The molecule has 2 fully saturated rings. The molecule has 160 valence electrons. The summed E-state index contributed by atoms with van der Waals surface area (Å²) in [7, 11) is 0. The van der Waals surface area contributed by atoms with Gasteiger partial charge in [-0.1, -0.05) is 69.9 Å². The van der Waals surface area contributed by atoms with Crippen molar-refractivity contribution in [3.05, 3.63) is 35.9 Å². The van der Waals surface area contributed by atoms with Gasteiger partial charge in [-0.3, -0.25) is 9.59 Å². The van der Waals surface area contributed by atoms with Crippen LogP contribution in [0.25, 0.3) is 0 Å². The highest BCUT2D eigenvalue weighted by atomic mass is 16.6. The lowest BCUT2D eigenvalue weighted by atomic mass is 9.79. The molecule has 0 N–H and O–H groups in total. The number of ether oxygens (including phenoxy) is 3. The van der Waals surface area contributed by atoms with Crippen LogP contribution in [-0.4, -0.2) is 30.8 Å². The Balaban J connectivity index is 1.44. The lowest BCUT2D eigenvalue weighted by Gasteiger charge is -2.25. The summed E-state index contributed by atoms with van der Waals surface area (Å²) in [5, 5.41) is 0. The predicted octanol–water partition coefficient (Wildman–Crippen LogP) is 4.67. The average Bonchev–Trinajstić information content (AvgIpc) is 3.33. The molecular formula is C24H34O5. The van der Waals surface area contributed by atoms with Crippen LogP contribution in [0.1, 0.15) is 64.4 Å². The van der Waals surface area contributed by atoms with E-state index in [1.165, 1.54) is 19.3 Å². The van der Waals surface area contributed by atoms with Gasteiger partial charge in [-0.2, -0.15) is 0 Å². The van der Waals surface area contributed by atoms with Gasteiger partial charge in [-0.25, -0.2) is 0 Å². The topological polar surface area (TPSA) is 61.8 Å². The second kappa shape index (κ2) is 10.8. The van der Waals surface area contributed by atoms with Gasteiger partial charge in [0.05, 0.1) is 30.7 Å². The van der Waals surface area contributed by atoms with Crippen LogP contribution in [0.3, 0.4) is 0 Å². The number of unbranched alkanes of at least 4 members (excludes halogenated alkanes) is 3. The van der Waals surface area contributed by atoms with Gasteiger partial charge in [0.15, 0.2) is 0 Å². The molecule has 4 atom stereocenters. The van der Waals surface area contributed by atoms with Crippen LogP contribution in [0.4, 0.5) is 0 Å². The highest BCUT2D eigenvalue weighted by Gasteiger charge is 2.56. The van der Waals surface area contributed by atoms with Crippen LogP contribution < -0.4 is 0 Å². The van der Waals surface area contributed by atoms with Crippen molar-refractivity contribution in [1.82, 2.24) is 0 Å². The summed E-state index contributed by atoms with van der Waals surface area (Å²) >= 11 is 0. The normalized spacial score (nSPS) is 25.3. The summed E-state index contributed by atoms with van der Waals surface area (Å²) in [4.78, 5) is 25.4. The van der Waals surface area contributed by atoms with Crippen molar-refractivity contribution >= 4 is 11.9 Å². The summed E-state index contributed by atoms with van der Waals surface area (Å²) in [6, 6.07) is 9.57. The third-order valence-corrected chi connectivity index (χ3v) is 5.96. The number of carbonyl (C=O) groups is 2. The zero-order valence-electron chi connectivity index (χ0n) is 17.7. The molecule has 5 heteroatoms. The summed E-state index contributed by atoms with van der Waals surface area (Å²) in [5.74, 6) is -0.990. The number of esters is 2. The minimum atomic E-state index is -0.545. The van der Waals surface area contributed by atoms with E-state index in [1.54, 1.807) is 0 Å². The number of hydrogen-bond donors (Lipinski definition) is 0. The molecule has 2 heterocycles. The van der Waals surface area contributed by atoms with Crippen molar-refractivity contribution in [2.75, 3.05) is 6.61 Å². The maximum absolute atomic E-state index is 12.7. The van der Waals surface area contributed by atoms with E-state index in [2.05, 4.69) is 13.8 Å². The summed E-state index contributed by atoms with van der Waals surface area (Å²) in [6.07, 6.45) is 6.74. The van der Waals surface area contributed by atoms with E-state index in [1.807, 2.05) is 30.3 Å². The molecule has 29 heavy (non-hydrogen) atoms. The van der Waals surface area contributed by atoms with Gasteiger partial charge in [-0.05, 0) is 30.7 Å². The van der Waals surface area contributed by atoms with Gasteiger partial charge in [0.2, 0.25) is 0 Å². The monoisotopic (exact) mass is 402 g/mol. The average molecular weight is 403 g/mol. The molecule has 0 aromatic heterocycles. The van der Waals surface area contributed by atoms with Gasteiger partial charge >= 0.3 is 11.9 Å². The van der Waals surface area contributed by atoms with E-state index in [0.717, 1.165) is 37.2 Å². The van der Waals surface area contributed by atoms with Gasteiger partial charge in [-0.15, -0.1) is 0 Å². The Morgan fingerprint density at radius 2 is 1.55 bits per heavy atom. The Morgan fingerprint density at radius 3 is 2.21 bits per heavy atom. The van der Waals surface area contributed by atoms with Crippen LogP contribution in [0.2, 0.25) is 0 Å². The molecule has 2 saturated heterocycles. The van der Waals surface area contributed by atoms with Crippen LogP contribution >= 0.6 is 0 Å². The van der Waals surface area contributed by atoms with Crippen molar-refractivity contribution in [3.8, 4) is 0 Å². The van der Waals surface area contributed by atoms with Crippen molar-refractivity contribution in [3.63, 3.8) is 0 Å². The maximum Gasteiger partial charge on any atom is 0.312 e. The van der Waals surface area contributed by atoms with Crippen molar-refractivity contribution in [2.45, 2.75) is 77.6 Å². The highest BCUT2D eigenvalue weighted by molar-refractivity contribution is 5.84. The maximum atomic E-state index is 12.7. The van der Waals surface area contributed by atoms with E-state index in [-0.39, 0.29) is 30.8 Å². The third-order valence-electron chi connectivity index (χ3n) is 5.96. The summed E-state index contributed by atoms with van der Waals surface area (Å²) < 4.78 is 16.9. The summed E-state index contributed by atoms with van der Waals surface area (Å²) in [5.41, 5.74) is 0.932. The lowest BCUT2D eigenvalue weighted by molar-refractivity contribution is -0.162. The Kier molecular flexibility index (Phi) is 8.10. The molecule has 0 amide bonds. The molecule has 3 rings (SSSR count). The molecule has 0 aliphatic carbocycles. The first-order valence-corrected chi connectivity index (χ1v) is 11.1. The zero-order chi connectivity index (χ0) is 20.6. The number of rotatable bonds is 11. The predicted molar refractivity (Wildman–Crippen MR) is 110 cm³/mol. The third kappa shape index (κ3) is 6.05. The second-order valence-electron chi connectivity index (χ2n) is 8.70. The zero-order valence-corrected chi connectivity index (χ0v) is 17.7. The SMILES string of the molecule is CC(C)CCCCCCOC(=O)C1C2CCC(O2)C1C(=O)OCc1ccccc1. The summed E-state index contributed by atoms with van der Waals surface area (Å²) in [6.45, 7) is 5.10. The number of benzene rings is 1. The Morgan fingerprint density at radius 1 is 0.931 bits per heavy atom. The molecule has 2 aliphatic heterocycles. The van der Waals surface area contributed by atoms with Gasteiger partial charge in [0, 0.05) is 0 Å². The molecule has 5 nitrogen and oxygen atoms in total. The van der Waals surface area contributed by atoms with Crippen LogP contribution in [0.5, 0.6) is 0 Å². The molecule has 1 aromatic carbocycles. The largest absolute Gasteiger partial charge is 0.465 e. The molecule has 2 bridgehead atoms. The van der Waals surface area contributed by atoms with E-state index in [0.29, 0.717) is 6.61 Å². The molecule has 1 aromatic rings. The minimum Gasteiger partial charge on any atom is -0.465 e. The van der Waals surface area contributed by atoms with E-state index < -0.39 is 11.8 Å². The quantitative estimate of drug-likeness (QED) is 0.397. The molecule has 0 radical (unpaired) electrons. The van der Waals surface area contributed by atoms with Gasteiger partial charge in [0.25, 0.3) is 0 Å². The number of carbonyl (C=O) groups excluding carboxylic acids is 2. The van der Waals surface area contributed by atoms with Crippen LogP contribution in [0.15, 0.2) is 30.3 Å². The Labute approximate surface area is 174 Å². The van der Waals surface area contributed by atoms with Crippen molar-refractivity contribution in [2.24, 2.45) is 17.8 Å². The van der Waals surface area contributed by atoms with Crippen molar-refractivity contribution < 1.29 is 23.8 Å². The minimum absolute atomic E-state index is 0.214. The van der Waals surface area contributed by atoms with Crippen LogP contribution in [-0.2, 0) is 30.4 Å². The highest BCUT2D eigenvalue weighted by Crippen LogP contribution is 2.44. The molecule has 0 spiro atoms. The van der Waals surface area contributed by atoms with Gasteiger partial charge in [0.1, 0.15) is 6.61 Å². The van der Waals surface area contributed by atoms with Gasteiger partial charge < -0.3 is 14.2 Å². The van der Waals surface area contributed by atoms with Crippen LogP contribution in [0, 0.1) is 17.8 Å². The smallest absolute Gasteiger partial charge is 0.312 e.